The minimum atomic E-state index is -0.495. The van der Waals surface area contributed by atoms with Crippen LogP contribution in [0.5, 0.6) is 0 Å². The van der Waals surface area contributed by atoms with Crippen molar-refractivity contribution in [3.63, 3.8) is 0 Å². The van der Waals surface area contributed by atoms with E-state index in [4.69, 9.17) is 36.7 Å². The van der Waals surface area contributed by atoms with Crippen LogP contribution in [0.4, 0.5) is 11.4 Å². The van der Waals surface area contributed by atoms with E-state index in [9.17, 15) is 9.59 Å². The highest BCUT2D eigenvalue weighted by Gasteiger charge is 2.17. The molecule has 0 saturated heterocycles. The maximum atomic E-state index is 11.7. The number of hydrogen-bond donors (Lipinski definition) is 4. The monoisotopic (exact) mass is 579 g/mol. The lowest BCUT2D eigenvalue weighted by molar-refractivity contribution is 0.0538. The molecule has 1 aliphatic carbocycles. The average Bonchev–Trinajstić information content (AvgIpc) is 3.01. The van der Waals surface area contributed by atoms with E-state index >= 15 is 0 Å². The lowest BCUT2D eigenvalue weighted by atomic mass is 10.1. The standard InChI is InChI=1S/C32H33N7O4/c33-13-15-42-17-18-43-16-14-36-26-20-30-28(19-27(26)37-23-9-5-21(6-10-23)31(34)40)38-25-3-1-2-4-29(25)39(30)24-11-7-22(8-12-24)32(35)41/h1-12,19-20,37H,13-18,33H2,(H2,34,40)(H2,35,41). The summed E-state index contributed by atoms with van der Waals surface area (Å²) in [7, 11) is 0. The minimum absolute atomic E-state index is 0.404. The number of ether oxygens (including phenoxy) is 2. The molecule has 0 radical (unpaired) electrons. The largest absolute Gasteiger partial charge is 0.378 e. The normalized spacial score (nSPS) is 11.7. The third-order valence-corrected chi connectivity index (χ3v) is 6.71. The van der Waals surface area contributed by atoms with Gasteiger partial charge in [-0.25, -0.2) is 4.98 Å². The predicted molar refractivity (Wildman–Crippen MR) is 166 cm³/mol. The highest BCUT2D eigenvalue weighted by atomic mass is 16.5. The summed E-state index contributed by atoms with van der Waals surface area (Å²) in [4.78, 5) is 33.1. The maximum absolute atomic E-state index is 11.7. The number of aromatic nitrogens is 2. The third kappa shape index (κ3) is 7.04. The van der Waals surface area contributed by atoms with Gasteiger partial charge in [0.15, 0.2) is 0 Å². The van der Waals surface area contributed by atoms with E-state index in [0.717, 1.165) is 39.5 Å². The molecule has 0 spiro atoms. The molecule has 7 N–H and O–H groups in total. The average molecular weight is 580 g/mol. The molecule has 5 rings (SSSR count). The number of hydrogen-bond acceptors (Lipinski definition) is 8. The Hall–Kier alpha value is -5.10. The second-order valence-corrected chi connectivity index (χ2v) is 9.67. The lowest BCUT2D eigenvalue weighted by Crippen LogP contribution is -2.17. The van der Waals surface area contributed by atoms with E-state index in [-0.39, 0.29) is 0 Å². The number of carbonyl (C=O) groups is 2. The molecule has 2 amide bonds. The fraction of sp³-hybridized carbons (Fsp3) is 0.188. The zero-order valence-corrected chi connectivity index (χ0v) is 23.5. The van der Waals surface area contributed by atoms with Crippen molar-refractivity contribution in [2.75, 3.05) is 44.8 Å². The molecular formula is C32H33N7O4. The number of nitrogens with one attached hydrogen (secondary N) is 1. The quantitative estimate of drug-likeness (QED) is 0.123. The van der Waals surface area contributed by atoms with Crippen molar-refractivity contribution in [2.24, 2.45) is 22.2 Å². The highest BCUT2D eigenvalue weighted by molar-refractivity contribution is 5.94. The first-order valence-corrected chi connectivity index (χ1v) is 13.8. The van der Waals surface area contributed by atoms with Gasteiger partial charge in [-0.05, 0) is 72.8 Å². The second-order valence-electron chi connectivity index (χ2n) is 9.67. The summed E-state index contributed by atoms with van der Waals surface area (Å²) in [6.07, 6.45) is 0. The molecule has 220 valence electrons. The topological polar surface area (TPSA) is 173 Å². The van der Waals surface area contributed by atoms with E-state index in [1.54, 1.807) is 36.4 Å². The van der Waals surface area contributed by atoms with Crippen LogP contribution >= 0.6 is 0 Å². The van der Waals surface area contributed by atoms with Gasteiger partial charge in [0.2, 0.25) is 11.8 Å². The molecule has 11 nitrogen and oxygen atoms in total. The fourth-order valence-corrected chi connectivity index (χ4v) is 4.63. The predicted octanol–water partition coefficient (Wildman–Crippen LogP) is 2.96. The first-order valence-electron chi connectivity index (χ1n) is 13.8. The van der Waals surface area contributed by atoms with Crippen molar-refractivity contribution < 1.29 is 19.1 Å². The molecule has 3 aromatic carbocycles. The maximum Gasteiger partial charge on any atom is 0.248 e. The van der Waals surface area contributed by atoms with Crippen LogP contribution in [0.15, 0.2) is 89.9 Å². The van der Waals surface area contributed by atoms with Crippen molar-refractivity contribution in [1.29, 1.82) is 0 Å². The number of primary amides is 2. The van der Waals surface area contributed by atoms with Crippen molar-refractivity contribution >= 4 is 34.2 Å². The number of carbonyl (C=O) groups excluding carboxylic acids is 2. The molecule has 1 heterocycles. The lowest BCUT2D eigenvalue weighted by Gasteiger charge is -2.20. The number of nitrogens with zero attached hydrogens (tertiary/aromatic N) is 3. The number of para-hydroxylation sites is 2. The van der Waals surface area contributed by atoms with E-state index in [0.29, 0.717) is 56.0 Å². The molecular weight excluding hydrogens is 546 g/mol. The third-order valence-electron chi connectivity index (χ3n) is 6.71. The number of nitrogens with two attached hydrogens (primary N) is 3. The van der Waals surface area contributed by atoms with Gasteiger partial charge in [0.05, 0.1) is 66.4 Å². The second kappa shape index (κ2) is 13.7. The van der Waals surface area contributed by atoms with Crippen LogP contribution in [0.1, 0.15) is 20.7 Å². The molecule has 0 aromatic heterocycles. The Kier molecular flexibility index (Phi) is 9.37. The number of fused-ring (bicyclic) bond motifs is 2. The Morgan fingerprint density at radius 2 is 1.47 bits per heavy atom. The Morgan fingerprint density at radius 3 is 2.14 bits per heavy atom. The van der Waals surface area contributed by atoms with Crippen LogP contribution in [0.2, 0.25) is 0 Å². The van der Waals surface area contributed by atoms with Crippen LogP contribution in [0, 0.1) is 0 Å². The van der Waals surface area contributed by atoms with Crippen LogP contribution in [0.3, 0.4) is 0 Å². The van der Waals surface area contributed by atoms with Gasteiger partial charge < -0.3 is 36.6 Å². The summed E-state index contributed by atoms with van der Waals surface area (Å²) in [6, 6.07) is 25.8. The molecule has 3 aromatic rings. The van der Waals surface area contributed by atoms with Crippen molar-refractivity contribution in [3.8, 4) is 17.1 Å². The Balaban J connectivity index is 1.59. The summed E-state index contributed by atoms with van der Waals surface area (Å²) in [6.45, 7) is 2.69. The SMILES string of the molecule is NCCOCCOCCN=c1cc2n(-c3ccc(C(N)=O)cc3)c3ccccc3nc-2cc1Nc1ccc(C(N)=O)cc1. The summed E-state index contributed by atoms with van der Waals surface area (Å²) < 4.78 is 13.1. The van der Waals surface area contributed by atoms with Gasteiger partial charge in [-0.3, -0.25) is 14.6 Å². The Bertz CT molecular complexity index is 1770. The van der Waals surface area contributed by atoms with Crippen molar-refractivity contribution in [1.82, 2.24) is 9.55 Å². The van der Waals surface area contributed by atoms with Gasteiger partial charge in [0, 0.05) is 29.0 Å². The van der Waals surface area contributed by atoms with Gasteiger partial charge >= 0.3 is 0 Å². The molecule has 0 unspecified atom stereocenters. The smallest absolute Gasteiger partial charge is 0.248 e. The van der Waals surface area contributed by atoms with Gasteiger partial charge in [-0.15, -0.1) is 0 Å². The molecule has 0 saturated carbocycles. The Morgan fingerprint density at radius 1 is 0.814 bits per heavy atom. The highest BCUT2D eigenvalue weighted by Crippen LogP contribution is 2.30. The van der Waals surface area contributed by atoms with Crippen LogP contribution in [-0.4, -0.2) is 60.9 Å². The first kappa shape index (κ1) is 29.4. The van der Waals surface area contributed by atoms with Crippen LogP contribution in [0.25, 0.3) is 28.1 Å². The molecule has 0 atom stereocenters. The number of benzene rings is 4. The molecule has 43 heavy (non-hydrogen) atoms. The Labute approximate surface area is 248 Å². The summed E-state index contributed by atoms with van der Waals surface area (Å²) >= 11 is 0. The van der Waals surface area contributed by atoms with Gasteiger partial charge in [-0.1, -0.05) is 12.1 Å². The number of anilines is 2. The zero-order valence-electron chi connectivity index (χ0n) is 23.5. The first-order chi connectivity index (χ1) is 20.9. The summed E-state index contributed by atoms with van der Waals surface area (Å²) in [5, 5.41) is 4.10. The fourth-order valence-electron chi connectivity index (χ4n) is 4.63. The molecule has 0 fully saturated rings. The van der Waals surface area contributed by atoms with Crippen LogP contribution in [-0.2, 0) is 9.47 Å². The summed E-state index contributed by atoms with van der Waals surface area (Å²) in [5.41, 5.74) is 22.7. The van der Waals surface area contributed by atoms with Crippen LogP contribution < -0.4 is 27.9 Å². The van der Waals surface area contributed by atoms with Crippen molar-refractivity contribution in [3.05, 3.63) is 101 Å². The number of rotatable bonds is 13. The molecule has 11 heteroatoms. The van der Waals surface area contributed by atoms with Gasteiger partial charge in [0.1, 0.15) is 0 Å². The molecule has 2 aliphatic rings. The van der Waals surface area contributed by atoms with Gasteiger partial charge in [0.25, 0.3) is 0 Å². The van der Waals surface area contributed by atoms with E-state index < -0.39 is 11.8 Å². The number of amides is 2. The van der Waals surface area contributed by atoms with E-state index in [1.807, 2.05) is 48.5 Å². The molecule has 1 aliphatic heterocycles. The van der Waals surface area contributed by atoms with E-state index in [2.05, 4.69) is 9.88 Å². The van der Waals surface area contributed by atoms with Crippen molar-refractivity contribution in [2.45, 2.75) is 0 Å². The molecule has 0 bridgehead atoms. The minimum Gasteiger partial charge on any atom is -0.378 e. The zero-order chi connectivity index (χ0) is 30.2. The summed E-state index contributed by atoms with van der Waals surface area (Å²) in [5.74, 6) is -0.985. The van der Waals surface area contributed by atoms with E-state index in [1.165, 1.54) is 0 Å². The van der Waals surface area contributed by atoms with Gasteiger partial charge in [-0.2, -0.15) is 0 Å².